The summed E-state index contributed by atoms with van der Waals surface area (Å²) in [6.45, 7) is 5.39. The van der Waals surface area contributed by atoms with Crippen LogP contribution in [0.3, 0.4) is 0 Å². The minimum Gasteiger partial charge on any atom is -0.398 e. The Hall–Kier alpha value is -2.03. The van der Waals surface area contributed by atoms with Gasteiger partial charge in [0, 0.05) is 18.8 Å². The molecule has 0 saturated heterocycles. The molecule has 0 fully saturated rings. The molecule has 0 bridgehead atoms. The van der Waals surface area contributed by atoms with Crippen LogP contribution in [0.5, 0.6) is 0 Å². The fourth-order valence-corrected chi connectivity index (χ4v) is 2.15. The molecule has 2 aromatic rings. The van der Waals surface area contributed by atoms with Crippen molar-refractivity contribution in [1.29, 1.82) is 0 Å². The van der Waals surface area contributed by atoms with E-state index in [2.05, 4.69) is 6.07 Å². The fraction of sp³-hybridized carbons (Fsp3) is 0.250. The second-order valence-corrected chi connectivity index (χ2v) is 4.67. The zero-order chi connectivity index (χ0) is 13.8. The van der Waals surface area contributed by atoms with Gasteiger partial charge in [0.1, 0.15) is 5.82 Å². The maximum atomic E-state index is 13.8. The predicted molar refractivity (Wildman–Crippen MR) is 78.7 cm³/mol. The van der Waals surface area contributed by atoms with Crippen LogP contribution in [0, 0.1) is 12.7 Å². The van der Waals surface area contributed by atoms with Crippen molar-refractivity contribution in [1.82, 2.24) is 0 Å². The number of nitrogen functional groups attached to an aromatic ring is 1. The highest BCUT2D eigenvalue weighted by atomic mass is 19.1. The maximum absolute atomic E-state index is 13.8. The van der Waals surface area contributed by atoms with Crippen LogP contribution in [0.1, 0.15) is 18.1 Å². The number of halogens is 1. The van der Waals surface area contributed by atoms with Gasteiger partial charge in [0.05, 0.1) is 5.69 Å². The zero-order valence-corrected chi connectivity index (χ0v) is 11.4. The van der Waals surface area contributed by atoms with Gasteiger partial charge in [0.2, 0.25) is 0 Å². The Morgan fingerprint density at radius 1 is 1.16 bits per heavy atom. The summed E-state index contributed by atoms with van der Waals surface area (Å²) < 4.78 is 13.8. The second-order valence-electron chi connectivity index (χ2n) is 4.67. The highest BCUT2D eigenvalue weighted by Crippen LogP contribution is 2.23. The quantitative estimate of drug-likeness (QED) is 0.846. The van der Waals surface area contributed by atoms with Gasteiger partial charge in [-0.2, -0.15) is 0 Å². The molecule has 0 spiro atoms. The lowest BCUT2D eigenvalue weighted by atomic mass is 10.1. The van der Waals surface area contributed by atoms with Crippen molar-refractivity contribution in [2.24, 2.45) is 0 Å². The van der Waals surface area contributed by atoms with E-state index in [0.717, 1.165) is 23.4 Å². The lowest BCUT2D eigenvalue weighted by Gasteiger charge is -2.24. The summed E-state index contributed by atoms with van der Waals surface area (Å²) in [6.07, 6.45) is 0. The Bertz CT molecular complexity index is 566. The average Bonchev–Trinajstić information content (AvgIpc) is 2.41. The summed E-state index contributed by atoms with van der Waals surface area (Å²) in [5.74, 6) is -0.199. The van der Waals surface area contributed by atoms with Crippen molar-refractivity contribution in [2.45, 2.75) is 20.4 Å². The number of nitrogens with zero attached hydrogens (tertiary/aromatic N) is 1. The van der Waals surface area contributed by atoms with Crippen LogP contribution >= 0.6 is 0 Å². The molecule has 2 rings (SSSR count). The summed E-state index contributed by atoms with van der Waals surface area (Å²) in [6, 6.07) is 12.8. The number of para-hydroxylation sites is 1. The second kappa shape index (κ2) is 5.74. The van der Waals surface area contributed by atoms with Crippen molar-refractivity contribution in [2.75, 3.05) is 17.2 Å². The average molecular weight is 258 g/mol. The van der Waals surface area contributed by atoms with E-state index in [4.69, 9.17) is 5.73 Å². The molecule has 2 N–H and O–H groups in total. The molecule has 0 saturated carbocycles. The summed E-state index contributed by atoms with van der Waals surface area (Å²) in [7, 11) is 0. The van der Waals surface area contributed by atoms with E-state index in [0.29, 0.717) is 12.2 Å². The van der Waals surface area contributed by atoms with Crippen molar-refractivity contribution in [3.05, 3.63) is 59.4 Å². The smallest absolute Gasteiger partial charge is 0.146 e. The van der Waals surface area contributed by atoms with E-state index in [1.165, 1.54) is 6.07 Å². The van der Waals surface area contributed by atoms with Gasteiger partial charge < -0.3 is 10.6 Å². The number of nitrogens with two attached hydrogens (primary N) is 1. The van der Waals surface area contributed by atoms with Crippen LogP contribution in [0.4, 0.5) is 15.8 Å². The van der Waals surface area contributed by atoms with E-state index in [1.54, 1.807) is 12.1 Å². The van der Waals surface area contributed by atoms with Crippen molar-refractivity contribution in [3.63, 3.8) is 0 Å². The summed E-state index contributed by atoms with van der Waals surface area (Å²) >= 11 is 0. The SMILES string of the molecule is CCN(Cc1cc(C)ccc1N)c1ccccc1F. The predicted octanol–water partition coefficient (Wildman–Crippen LogP) is 3.74. The normalized spacial score (nSPS) is 10.5. The van der Waals surface area contributed by atoms with Gasteiger partial charge in [0.25, 0.3) is 0 Å². The molecule has 3 heteroatoms. The number of hydrogen-bond acceptors (Lipinski definition) is 2. The van der Waals surface area contributed by atoms with E-state index in [1.807, 2.05) is 36.9 Å². The molecule has 0 heterocycles. The third kappa shape index (κ3) is 3.05. The molecule has 2 aromatic carbocycles. The summed E-state index contributed by atoms with van der Waals surface area (Å²) in [4.78, 5) is 1.99. The third-order valence-electron chi connectivity index (χ3n) is 3.23. The van der Waals surface area contributed by atoms with E-state index < -0.39 is 0 Å². The minimum absolute atomic E-state index is 0.199. The van der Waals surface area contributed by atoms with Crippen molar-refractivity contribution >= 4 is 11.4 Å². The molecule has 0 amide bonds. The maximum Gasteiger partial charge on any atom is 0.146 e. The Labute approximate surface area is 113 Å². The first-order valence-corrected chi connectivity index (χ1v) is 6.46. The first kappa shape index (κ1) is 13.4. The van der Waals surface area contributed by atoms with Crippen LogP contribution in [0.2, 0.25) is 0 Å². The standard InChI is InChI=1S/C16H19FN2/c1-3-19(16-7-5-4-6-14(16)17)11-13-10-12(2)8-9-15(13)18/h4-10H,3,11,18H2,1-2H3. The molecule has 19 heavy (non-hydrogen) atoms. The van der Waals surface area contributed by atoms with E-state index in [-0.39, 0.29) is 5.82 Å². The molecule has 0 radical (unpaired) electrons. The molecule has 0 unspecified atom stereocenters. The minimum atomic E-state index is -0.199. The number of benzene rings is 2. The molecule has 0 aliphatic heterocycles. The Morgan fingerprint density at radius 3 is 2.58 bits per heavy atom. The zero-order valence-electron chi connectivity index (χ0n) is 11.4. The van der Waals surface area contributed by atoms with Crippen molar-refractivity contribution < 1.29 is 4.39 Å². The van der Waals surface area contributed by atoms with Gasteiger partial charge in [-0.1, -0.05) is 29.8 Å². The van der Waals surface area contributed by atoms with Gasteiger partial charge >= 0.3 is 0 Å². The van der Waals surface area contributed by atoms with Gasteiger partial charge in [-0.15, -0.1) is 0 Å². The third-order valence-corrected chi connectivity index (χ3v) is 3.23. The molecule has 0 atom stereocenters. The van der Waals surface area contributed by atoms with Gasteiger partial charge in [-0.3, -0.25) is 0 Å². The highest BCUT2D eigenvalue weighted by molar-refractivity contribution is 5.53. The summed E-state index contributed by atoms with van der Waals surface area (Å²) in [5.41, 5.74) is 9.55. The van der Waals surface area contributed by atoms with E-state index in [9.17, 15) is 4.39 Å². The fourth-order valence-electron chi connectivity index (χ4n) is 2.15. The largest absolute Gasteiger partial charge is 0.398 e. The van der Waals surface area contributed by atoms with E-state index >= 15 is 0 Å². The van der Waals surface area contributed by atoms with Crippen molar-refractivity contribution in [3.8, 4) is 0 Å². The molecular formula is C16H19FN2. The first-order valence-electron chi connectivity index (χ1n) is 6.46. The number of hydrogen-bond donors (Lipinski definition) is 1. The van der Waals surface area contributed by atoms with Crippen LogP contribution < -0.4 is 10.6 Å². The lowest BCUT2D eigenvalue weighted by Crippen LogP contribution is -2.23. The van der Waals surface area contributed by atoms with Crippen LogP contribution in [-0.4, -0.2) is 6.54 Å². The molecular weight excluding hydrogens is 239 g/mol. The Kier molecular flexibility index (Phi) is 4.05. The lowest BCUT2D eigenvalue weighted by molar-refractivity contribution is 0.618. The highest BCUT2D eigenvalue weighted by Gasteiger charge is 2.11. The van der Waals surface area contributed by atoms with Gasteiger partial charge in [-0.25, -0.2) is 4.39 Å². The Morgan fingerprint density at radius 2 is 1.89 bits per heavy atom. The van der Waals surface area contributed by atoms with Crippen LogP contribution in [0.15, 0.2) is 42.5 Å². The topological polar surface area (TPSA) is 29.3 Å². The van der Waals surface area contributed by atoms with Crippen LogP contribution in [0.25, 0.3) is 0 Å². The molecule has 0 aliphatic carbocycles. The van der Waals surface area contributed by atoms with Gasteiger partial charge in [0.15, 0.2) is 0 Å². The molecule has 0 aliphatic rings. The number of rotatable bonds is 4. The molecule has 0 aromatic heterocycles. The number of anilines is 2. The monoisotopic (exact) mass is 258 g/mol. The van der Waals surface area contributed by atoms with Crippen LogP contribution in [-0.2, 0) is 6.54 Å². The summed E-state index contributed by atoms with van der Waals surface area (Å²) in [5, 5.41) is 0. The van der Waals surface area contributed by atoms with Gasteiger partial charge in [-0.05, 0) is 37.6 Å². The number of aryl methyl sites for hydroxylation is 1. The first-order chi connectivity index (χ1) is 9.11. The molecule has 2 nitrogen and oxygen atoms in total. The molecule has 100 valence electrons. The Balaban J connectivity index is 2.29.